The highest BCUT2D eigenvalue weighted by molar-refractivity contribution is 6.02. The quantitative estimate of drug-likeness (QED) is 0.668. The Morgan fingerprint density at radius 3 is 2.90 bits per heavy atom. The molecule has 1 amide bonds. The molecule has 1 fully saturated rings. The average molecular weight is 394 g/mol. The van der Waals surface area contributed by atoms with Gasteiger partial charge in [-0.05, 0) is 43.9 Å². The molecule has 2 N–H and O–H groups in total. The van der Waals surface area contributed by atoms with Crippen LogP contribution in [0.25, 0.3) is 0 Å². The number of hydrogen-bond acceptors (Lipinski definition) is 5. The standard InChI is InChI=1S/C21H26N6O2/c1-13-4-7-17(22-11-13)14-5-6-15(8-14)18-10-20(25-24-18)23-21(28)19-9-16(12-29-3)26-27(19)2/h4,7,9-11,14-15H,5-6,8,12H2,1-3H3,(H2,23,24,25,28)/t14-,15+/m1/s1. The maximum absolute atomic E-state index is 12.6. The molecule has 0 unspecified atom stereocenters. The third-order valence-electron chi connectivity index (χ3n) is 5.52. The summed E-state index contributed by atoms with van der Waals surface area (Å²) < 4.78 is 6.62. The van der Waals surface area contributed by atoms with Crippen molar-refractivity contribution in [3.05, 3.63) is 58.8 Å². The van der Waals surface area contributed by atoms with E-state index in [9.17, 15) is 4.79 Å². The van der Waals surface area contributed by atoms with Crippen molar-refractivity contribution in [1.29, 1.82) is 0 Å². The molecule has 8 heteroatoms. The van der Waals surface area contributed by atoms with E-state index in [0.29, 0.717) is 35.6 Å². The molecule has 3 aromatic heterocycles. The average Bonchev–Trinajstić information content (AvgIpc) is 3.42. The van der Waals surface area contributed by atoms with Gasteiger partial charge in [0.05, 0.1) is 12.3 Å². The first-order valence-corrected chi connectivity index (χ1v) is 9.84. The number of nitrogens with zero attached hydrogens (tertiary/aromatic N) is 4. The van der Waals surface area contributed by atoms with Gasteiger partial charge in [0, 0.05) is 49.6 Å². The molecule has 8 nitrogen and oxygen atoms in total. The van der Waals surface area contributed by atoms with Crippen LogP contribution in [0.15, 0.2) is 30.5 Å². The van der Waals surface area contributed by atoms with Crippen LogP contribution in [0, 0.1) is 6.92 Å². The largest absolute Gasteiger partial charge is 0.378 e. The first kappa shape index (κ1) is 19.3. The lowest BCUT2D eigenvalue weighted by Gasteiger charge is -2.10. The molecule has 1 saturated carbocycles. The number of anilines is 1. The summed E-state index contributed by atoms with van der Waals surface area (Å²) >= 11 is 0. The van der Waals surface area contributed by atoms with E-state index in [1.165, 1.54) is 5.56 Å². The number of carbonyl (C=O) groups is 1. The summed E-state index contributed by atoms with van der Waals surface area (Å²) in [7, 11) is 3.34. The van der Waals surface area contributed by atoms with Crippen molar-refractivity contribution in [3.8, 4) is 0 Å². The number of H-pyrrole nitrogens is 1. The minimum absolute atomic E-state index is 0.242. The zero-order valence-electron chi connectivity index (χ0n) is 17.0. The van der Waals surface area contributed by atoms with Gasteiger partial charge < -0.3 is 10.1 Å². The van der Waals surface area contributed by atoms with Gasteiger partial charge in [-0.1, -0.05) is 6.07 Å². The van der Waals surface area contributed by atoms with E-state index in [-0.39, 0.29) is 5.91 Å². The molecule has 0 aliphatic heterocycles. The zero-order chi connectivity index (χ0) is 20.4. The van der Waals surface area contributed by atoms with Crippen molar-refractivity contribution in [2.45, 2.75) is 44.6 Å². The van der Waals surface area contributed by atoms with Crippen LogP contribution in [0.2, 0.25) is 0 Å². The first-order chi connectivity index (χ1) is 14.0. The second kappa shape index (κ2) is 8.16. The second-order valence-electron chi connectivity index (χ2n) is 7.71. The van der Waals surface area contributed by atoms with Crippen LogP contribution in [0.1, 0.15) is 64.2 Å². The molecule has 0 aromatic carbocycles. The monoisotopic (exact) mass is 394 g/mol. The van der Waals surface area contributed by atoms with Crippen LogP contribution in [-0.4, -0.2) is 38.0 Å². The van der Waals surface area contributed by atoms with Crippen LogP contribution in [0.5, 0.6) is 0 Å². The number of aromatic nitrogens is 5. The Bertz CT molecular complexity index is 991. The van der Waals surface area contributed by atoms with E-state index in [1.807, 2.05) is 12.3 Å². The van der Waals surface area contributed by atoms with Crippen LogP contribution in [0.4, 0.5) is 5.82 Å². The lowest BCUT2D eigenvalue weighted by Crippen LogP contribution is -2.16. The summed E-state index contributed by atoms with van der Waals surface area (Å²) in [5.41, 5.74) is 4.58. The van der Waals surface area contributed by atoms with Gasteiger partial charge in [-0.25, -0.2) is 0 Å². The topological polar surface area (TPSA) is 97.7 Å². The van der Waals surface area contributed by atoms with Gasteiger partial charge in [-0.2, -0.15) is 10.2 Å². The fraction of sp³-hybridized carbons (Fsp3) is 0.429. The minimum atomic E-state index is -0.242. The number of amides is 1. The number of carbonyl (C=O) groups excluding carboxylic acids is 1. The number of aromatic amines is 1. The van der Waals surface area contributed by atoms with Gasteiger partial charge in [-0.3, -0.25) is 19.6 Å². The van der Waals surface area contributed by atoms with E-state index >= 15 is 0 Å². The van der Waals surface area contributed by atoms with Gasteiger partial charge >= 0.3 is 0 Å². The number of pyridine rings is 1. The van der Waals surface area contributed by atoms with Gasteiger partial charge in [0.1, 0.15) is 5.69 Å². The third-order valence-corrected chi connectivity index (χ3v) is 5.52. The van der Waals surface area contributed by atoms with Crippen molar-refractivity contribution in [2.75, 3.05) is 12.4 Å². The molecular formula is C21H26N6O2. The number of methoxy groups -OCH3 is 1. The maximum Gasteiger partial charge on any atom is 0.275 e. The fourth-order valence-electron chi connectivity index (χ4n) is 4.00. The Morgan fingerprint density at radius 1 is 1.31 bits per heavy atom. The maximum atomic E-state index is 12.6. The highest BCUT2D eigenvalue weighted by atomic mass is 16.5. The van der Waals surface area contributed by atoms with Gasteiger partial charge in [0.15, 0.2) is 5.82 Å². The predicted octanol–water partition coefficient (Wildman–Crippen LogP) is 3.30. The molecule has 3 aromatic rings. The van der Waals surface area contributed by atoms with Gasteiger partial charge in [0.2, 0.25) is 0 Å². The van der Waals surface area contributed by atoms with Crippen molar-refractivity contribution >= 4 is 11.7 Å². The number of ether oxygens (including phenoxy) is 1. The number of hydrogen-bond donors (Lipinski definition) is 2. The van der Waals surface area contributed by atoms with Gasteiger partial charge in [0.25, 0.3) is 5.91 Å². The Kier molecular flexibility index (Phi) is 5.44. The van der Waals surface area contributed by atoms with E-state index < -0.39 is 0 Å². The number of nitrogens with one attached hydrogen (secondary N) is 2. The van der Waals surface area contributed by atoms with E-state index in [2.05, 4.69) is 44.7 Å². The zero-order valence-corrected chi connectivity index (χ0v) is 17.0. The van der Waals surface area contributed by atoms with Crippen molar-refractivity contribution in [3.63, 3.8) is 0 Å². The minimum Gasteiger partial charge on any atom is -0.378 e. The molecule has 29 heavy (non-hydrogen) atoms. The summed E-state index contributed by atoms with van der Waals surface area (Å²) in [6.07, 6.45) is 5.16. The van der Waals surface area contributed by atoms with Crippen LogP contribution in [-0.2, 0) is 18.4 Å². The molecule has 3 heterocycles. The fourth-order valence-corrected chi connectivity index (χ4v) is 4.00. The van der Waals surface area contributed by atoms with Gasteiger partial charge in [-0.15, -0.1) is 0 Å². The van der Waals surface area contributed by atoms with Crippen molar-refractivity contribution < 1.29 is 9.53 Å². The molecule has 1 aliphatic rings. The molecule has 2 atom stereocenters. The molecule has 0 spiro atoms. The van der Waals surface area contributed by atoms with E-state index in [4.69, 9.17) is 4.74 Å². The first-order valence-electron chi connectivity index (χ1n) is 9.84. The Labute approximate surface area is 169 Å². The molecular weight excluding hydrogens is 368 g/mol. The molecule has 0 bridgehead atoms. The van der Waals surface area contributed by atoms with Crippen LogP contribution >= 0.6 is 0 Å². The number of rotatable bonds is 6. The van der Waals surface area contributed by atoms with E-state index in [1.54, 1.807) is 24.9 Å². The van der Waals surface area contributed by atoms with Crippen LogP contribution in [0.3, 0.4) is 0 Å². The Morgan fingerprint density at radius 2 is 2.14 bits per heavy atom. The molecule has 0 radical (unpaired) electrons. The highest BCUT2D eigenvalue weighted by Crippen LogP contribution is 2.42. The summed E-state index contributed by atoms with van der Waals surface area (Å²) in [4.78, 5) is 17.2. The molecule has 152 valence electrons. The summed E-state index contributed by atoms with van der Waals surface area (Å²) in [6, 6.07) is 7.91. The summed E-state index contributed by atoms with van der Waals surface area (Å²) in [6.45, 7) is 2.42. The smallest absolute Gasteiger partial charge is 0.275 e. The summed E-state index contributed by atoms with van der Waals surface area (Å²) in [5, 5.41) is 14.5. The SMILES string of the molecule is COCc1cc(C(=O)Nc2cc([C@H]3CC[C@@H](c4ccc(C)cn4)C3)[nH]n2)n(C)n1. The Hall–Kier alpha value is -3.00. The Balaban J connectivity index is 1.40. The lowest BCUT2D eigenvalue weighted by atomic mass is 9.99. The summed E-state index contributed by atoms with van der Waals surface area (Å²) in [5.74, 6) is 1.15. The third kappa shape index (κ3) is 4.22. The molecule has 4 rings (SSSR count). The lowest BCUT2D eigenvalue weighted by molar-refractivity contribution is 0.101. The predicted molar refractivity (Wildman–Crippen MR) is 109 cm³/mol. The van der Waals surface area contributed by atoms with Crippen LogP contribution < -0.4 is 5.32 Å². The second-order valence-corrected chi connectivity index (χ2v) is 7.71. The molecule has 1 aliphatic carbocycles. The van der Waals surface area contributed by atoms with Crippen molar-refractivity contribution in [1.82, 2.24) is 25.0 Å². The number of aryl methyl sites for hydroxylation is 2. The molecule has 0 saturated heterocycles. The highest BCUT2D eigenvalue weighted by Gasteiger charge is 2.29. The van der Waals surface area contributed by atoms with Crippen molar-refractivity contribution in [2.24, 2.45) is 7.05 Å². The normalized spacial score (nSPS) is 18.9. The van der Waals surface area contributed by atoms with E-state index in [0.717, 1.165) is 30.7 Å².